The third kappa shape index (κ3) is 3.44. The molecule has 108 valence electrons. The van der Waals surface area contributed by atoms with Crippen LogP contribution in [0.2, 0.25) is 5.02 Å². The van der Waals surface area contributed by atoms with Crippen LogP contribution in [0.25, 0.3) is 0 Å². The topological polar surface area (TPSA) is 93.5 Å². The standard InChI is InChI=1S/C12H14ClN3O4/c1-12(6-14-7-12)20-5-11(17)15-10-4-8(16(18)19)2-3-9(10)13/h2-4,14H,5-7H2,1H3,(H,15,17). The maximum Gasteiger partial charge on any atom is 0.271 e. The van der Waals surface area contributed by atoms with Crippen LogP contribution in [0.1, 0.15) is 6.92 Å². The zero-order valence-electron chi connectivity index (χ0n) is 10.8. The molecule has 1 heterocycles. The molecule has 7 nitrogen and oxygen atoms in total. The molecular weight excluding hydrogens is 286 g/mol. The Kier molecular flexibility index (Phi) is 4.22. The highest BCUT2D eigenvalue weighted by atomic mass is 35.5. The number of nitro groups is 1. The summed E-state index contributed by atoms with van der Waals surface area (Å²) < 4.78 is 5.47. The van der Waals surface area contributed by atoms with Crippen molar-refractivity contribution in [3.05, 3.63) is 33.3 Å². The summed E-state index contributed by atoms with van der Waals surface area (Å²) in [5, 5.41) is 16.5. The van der Waals surface area contributed by atoms with Gasteiger partial charge in [-0.25, -0.2) is 0 Å². The molecule has 8 heteroatoms. The lowest BCUT2D eigenvalue weighted by Gasteiger charge is -2.38. The van der Waals surface area contributed by atoms with E-state index < -0.39 is 10.8 Å². The number of nitrogens with one attached hydrogen (secondary N) is 2. The van der Waals surface area contributed by atoms with Gasteiger partial charge < -0.3 is 15.4 Å². The highest BCUT2D eigenvalue weighted by molar-refractivity contribution is 6.33. The van der Waals surface area contributed by atoms with Crippen molar-refractivity contribution in [1.29, 1.82) is 0 Å². The van der Waals surface area contributed by atoms with Crippen molar-refractivity contribution in [3.63, 3.8) is 0 Å². The van der Waals surface area contributed by atoms with Crippen molar-refractivity contribution < 1.29 is 14.5 Å². The van der Waals surface area contributed by atoms with Gasteiger partial charge in [-0.05, 0) is 13.0 Å². The molecule has 0 atom stereocenters. The highest BCUT2D eigenvalue weighted by Crippen LogP contribution is 2.26. The van der Waals surface area contributed by atoms with Gasteiger partial charge in [0.05, 0.1) is 21.2 Å². The van der Waals surface area contributed by atoms with Gasteiger partial charge in [0.1, 0.15) is 6.61 Å². The number of amides is 1. The van der Waals surface area contributed by atoms with E-state index in [9.17, 15) is 14.9 Å². The van der Waals surface area contributed by atoms with Gasteiger partial charge in [0.25, 0.3) is 5.69 Å². The van der Waals surface area contributed by atoms with E-state index in [0.717, 1.165) is 0 Å². The number of nitrogens with zero attached hydrogens (tertiary/aromatic N) is 1. The SMILES string of the molecule is CC1(OCC(=O)Nc2cc([N+](=O)[O-])ccc2Cl)CNC1. The van der Waals surface area contributed by atoms with Crippen LogP contribution in [0, 0.1) is 10.1 Å². The third-order valence-electron chi connectivity index (χ3n) is 2.98. The zero-order valence-corrected chi connectivity index (χ0v) is 11.6. The molecule has 0 saturated carbocycles. The fraction of sp³-hybridized carbons (Fsp3) is 0.417. The minimum absolute atomic E-state index is 0.128. The summed E-state index contributed by atoms with van der Waals surface area (Å²) >= 11 is 5.89. The normalized spacial score (nSPS) is 16.3. The molecule has 20 heavy (non-hydrogen) atoms. The Morgan fingerprint density at radius 2 is 2.30 bits per heavy atom. The Bertz CT molecular complexity index is 546. The second-order valence-corrected chi connectivity index (χ2v) is 5.22. The van der Waals surface area contributed by atoms with Gasteiger partial charge in [0.15, 0.2) is 0 Å². The van der Waals surface area contributed by atoms with Gasteiger partial charge in [-0.2, -0.15) is 0 Å². The number of hydrogen-bond donors (Lipinski definition) is 2. The van der Waals surface area contributed by atoms with Gasteiger partial charge in [-0.15, -0.1) is 0 Å². The van der Waals surface area contributed by atoms with Crippen LogP contribution in [0.15, 0.2) is 18.2 Å². The van der Waals surface area contributed by atoms with Crippen molar-refractivity contribution in [2.24, 2.45) is 0 Å². The van der Waals surface area contributed by atoms with E-state index in [1.165, 1.54) is 18.2 Å². The minimum Gasteiger partial charge on any atom is -0.363 e. The fourth-order valence-electron chi connectivity index (χ4n) is 1.73. The molecule has 0 unspecified atom stereocenters. The number of anilines is 1. The molecule has 1 aliphatic rings. The first kappa shape index (κ1) is 14.7. The van der Waals surface area contributed by atoms with Crippen molar-refractivity contribution >= 4 is 28.9 Å². The van der Waals surface area contributed by atoms with Crippen LogP contribution in [0.4, 0.5) is 11.4 Å². The lowest BCUT2D eigenvalue weighted by atomic mass is 10.0. The molecule has 2 N–H and O–H groups in total. The number of rotatable bonds is 5. The van der Waals surface area contributed by atoms with E-state index in [1.54, 1.807) is 0 Å². The van der Waals surface area contributed by atoms with Gasteiger partial charge in [0.2, 0.25) is 5.91 Å². The highest BCUT2D eigenvalue weighted by Gasteiger charge is 2.33. The van der Waals surface area contributed by atoms with Crippen LogP contribution in [0.3, 0.4) is 0 Å². The van der Waals surface area contributed by atoms with Crippen LogP contribution in [-0.4, -0.2) is 36.1 Å². The van der Waals surface area contributed by atoms with Crippen molar-refractivity contribution in [3.8, 4) is 0 Å². The average Bonchev–Trinajstić information content (AvgIpc) is 2.36. The molecule has 2 rings (SSSR count). The molecule has 0 aromatic heterocycles. The molecule has 1 aliphatic heterocycles. The smallest absolute Gasteiger partial charge is 0.271 e. The van der Waals surface area contributed by atoms with Gasteiger partial charge >= 0.3 is 0 Å². The molecule has 0 aliphatic carbocycles. The maximum atomic E-state index is 11.7. The predicted molar refractivity (Wildman–Crippen MR) is 74.0 cm³/mol. The monoisotopic (exact) mass is 299 g/mol. The molecule has 1 aromatic carbocycles. The van der Waals surface area contributed by atoms with E-state index >= 15 is 0 Å². The van der Waals surface area contributed by atoms with Crippen LogP contribution < -0.4 is 10.6 Å². The first-order valence-electron chi connectivity index (χ1n) is 5.98. The largest absolute Gasteiger partial charge is 0.363 e. The first-order valence-corrected chi connectivity index (χ1v) is 6.36. The Hall–Kier alpha value is -1.70. The molecule has 1 aromatic rings. The third-order valence-corrected chi connectivity index (χ3v) is 3.31. The second kappa shape index (κ2) is 5.74. The molecule has 0 spiro atoms. The number of carbonyl (C=O) groups excluding carboxylic acids is 1. The van der Waals surface area contributed by atoms with Crippen LogP contribution >= 0.6 is 11.6 Å². The van der Waals surface area contributed by atoms with Crippen LogP contribution in [0.5, 0.6) is 0 Å². The first-order chi connectivity index (χ1) is 9.39. The van der Waals surface area contributed by atoms with E-state index in [0.29, 0.717) is 13.1 Å². The quantitative estimate of drug-likeness (QED) is 0.636. The number of ether oxygens (including phenoxy) is 1. The Morgan fingerprint density at radius 1 is 1.60 bits per heavy atom. The minimum atomic E-state index is -0.552. The summed E-state index contributed by atoms with van der Waals surface area (Å²) in [4.78, 5) is 21.9. The Labute approximate surface area is 120 Å². The molecule has 1 amide bonds. The molecular formula is C12H14ClN3O4. The van der Waals surface area contributed by atoms with Crippen molar-refractivity contribution in [2.45, 2.75) is 12.5 Å². The molecule has 0 bridgehead atoms. The molecule has 1 saturated heterocycles. The van der Waals surface area contributed by atoms with Gasteiger partial charge in [-0.3, -0.25) is 14.9 Å². The van der Waals surface area contributed by atoms with E-state index in [1.807, 2.05) is 6.92 Å². The van der Waals surface area contributed by atoms with E-state index in [4.69, 9.17) is 16.3 Å². The molecule has 1 fully saturated rings. The number of halogens is 1. The summed E-state index contributed by atoms with van der Waals surface area (Å²) in [6, 6.07) is 3.86. The second-order valence-electron chi connectivity index (χ2n) is 4.81. The van der Waals surface area contributed by atoms with Crippen molar-refractivity contribution in [1.82, 2.24) is 5.32 Å². The van der Waals surface area contributed by atoms with Crippen LogP contribution in [-0.2, 0) is 9.53 Å². The fourth-order valence-corrected chi connectivity index (χ4v) is 1.89. The number of non-ortho nitro benzene ring substituents is 1. The predicted octanol–water partition coefficient (Wildman–Crippen LogP) is 1.57. The summed E-state index contributed by atoms with van der Waals surface area (Å²) in [6.07, 6.45) is 0. The summed E-state index contributed by atoms with van der Waals surface area (Å²) in [5.74, 6) is -0.402. The number of benzene rings is 1. The lowest BCUT2D eigenvalue weighted by Crippen LogP contribution is -2.59. The van der Waals surface area contributed by atoms with E-state index in [-0.39, 0.29) is 28.6 Å². The average molecular weight is 300 g/mol. The molecule has 0 radical (unpaired) electrons. The zero-order chi connectivity index (χ0) is 14.8. The van der Waals surface area contributed by atoms with Gasteiger partial charge in [-0.1, -0.05) is 11.6 Å². The van der Waals surface area contributed by atoms with Crippen molar-refractivity contribution in [2.75, 3.05) is 25.0 Å². The summed E-state index contributed by atoms with van der Waals surface area (Å²) in [6.45, 7) is 3.16. The maximum absolute atomic E-state index is 11.7. The number of carbonyl (C=O) groups is 1. The summed E-state index contributed by atoms with van der Waals surface area (Å²) in [5.41, 5.74) is -0.267. The van der Waals surface area contributed by atoms with E-state index in [2.05, 4.69) is 10.6 Å². The summed E-state index contributed by atoms with van der Waals surface area (Å²) in [7, 11) is 0. The lowest BCUT2D eigenvalue weighted by molar-refractivity contribution is -0.384. The number of nitro benzene ring substituents is 1. The Morgan fingerprint density at radius 3 is 2.85 bits per heavy atom. The van der Waals surface area contributed by atoms with Gasteiger partial charge in [0, 0.05) is 25.2 Å². The Balaban J connectivity index is 1.96. The number of hydrogen-bond acceptors (Lipinski definition) is 5.